The van der Waals surface area contributed by atoms with Gasteiger partial charge >= 0.3 is 0 Å². The summed E-state index contributed by atoms with van der Waals surface area (Å²) >= 11 is 5.88. The summed E-state index contributed by atoms with van der Waals surface area (Å²) in [4.78, 5) is 0. The number of aliphatic hydroxyl groups is 1. The number of halogens is 3. The average Bonchev–Trinajstić information content (AvgIpc) is 2.32. The molecule has 0 radical (unpaired) electrons. The van der Waals surface area contributed by atoms with E-state index in [0.29, 0.717) is 12.0 Å². The second-order valence-corrected chi connectivity index (χ2v) is 4.95. The van der Waals surface area contributed by atoms with Crippen LogP contribution in [-0.2, 0) is 5.41 Å². The van der Waals surface area contributed by atoms with Crippen molar-refractivity contribution in [3.63, 3.8) is 0 Å². The molecule has 15 heavy (non-hydrogen) atoms. The van der Waals surface area contributed by atoms with Crippen LogP contribution in [0.1, 0.15) is 37.5 Å². The van der Waals surface area contributed by atoms with Gasteiger partial charge in [-0.2, -0.15) is 0 Å². The molecule has 4 heteroatoms. The largest absolute Gasteiger partial charge is 0.388 e. The molecule has 0 spiro atoms. The number of aliphatic hydroxyl groups excluding tert-OH is 1. The fourth-order valence-corrected chi connectivity index (χ4v) is 2.76. The van der Waals surface area contributed by atoms with Crippen molar-refractivity contribution >= 4 is 11.6 Å². The summed E-state index contributed by atoms with van der Waals surface area (Å²) in [5.41, 5.74) is 0.126. The lowest BCUT2D eigenvalue weighted by molar-refractivity contribution is 0.157. The highest BCUT2D eigenvalue weighted by molar-refractivity contribution is 6.31. The maximum Gasteiger partial charge on any atom is 0.165 e. The van der Waals surface area contributed by atoms with Crippen molar-refractivity contribution in [1.29, 1.82) is 0 Å². The van der Waals surface area contributed by atoms with Gasteiger partial charge in [0.15, 0.2) is 11.6 Å². The minimum absolute atomic E-state index is 0.0185. The van der Waals surface area contributed by atoms with Crippen LogP contribution >= 0.6 is 11.6 Å². The second kappa shape index (κ2) is 3.16. The lowest BCUT2D eigenvalue weighted by Gasteiger charge is -2.19. The van der Waals surface area contributed by atoms with Crippen molar-refractivity contribution in [3.8, 4) is 0 Å². The summed E-state index contributed by atoms with van der Waals surface area (Å²) in [6.45, 7) is 3.70. The molecule has 0 aromatic heterocycles. The van der Waals surface area contributed by atoms with Crippen molar-refractivity contribution in [1.82, 2.24) is 0 Å². The number of rotatable bonds is 0. The Morgan fingerprint density at radius 1 is 1.47 bits per heavy atom. The number of hydrogen-bond donors (Lipinski definition) is 1. The monoisotopic (exact) mass is 232 g/mol. The van der Waals surface area contributed by atoms with Gasteiger partial charge in [0.25, 0.3) is 0 Å². The fraction of sp³-hybridized carbons (Fsp3) is 0.455. The second-order valence-electron chi connectivity index (χ2n) is 4.55. The Balaban J connectivity index is 2.78. The van der Waals surface area contributed by atoms with Crippen molar-refractivity contribution in [2.45, 2.75) is 31.8 Å². The van der Waals surface area contributed by atoms with Crippen molar-refractivity contribution in [2.24, 2.45) is 0 Å². The van der Waals surface area contributed by atoms with Crippen LogP contribution in [0.2, 0.25) is 5.02 Å². The standard InChI is InChI=1S/C11H11ClF2O/c1-11(2)4-7(15)8-9(11)5(12)3-6(13)10(8)14/h3,7,15H,4H2,1-2H3/t7-/m0/s1. The van der Waals surface area contributed by atoms with Gasteiger partial charge in [0.2, 0.25) is 0 Å². The highest BCUT2D eigenvalue weighted by Crippen LogP contribution is 2.49. The number of fused-ring (bicyclic) bond motifs is 1. The Bertz CT molecular complexity index is 429. The lowest BCUT2D eigenvalue weighted by atomic mass is 9.86. The maximum atomic E-state index is 13.5. The molecule has 1 aromatic carbocycles. The van der Waals surface area contributed by atoms with E-state index in [1.807, 2.05) is 13.8 Å². The molecule has 0 saturated heterocycles. The Hall–Kier alpha value is -0.670. The summed E-state index contributed by atoms with van der Waals surface area (Å²) in [5, 5.41) is 9.87. The van der Waals surface area contributed by atoms with Gasteiger partial charge in [-0.3, -0.25) is 0 Å². The Labute approximate surface area is 91.7 Å². The van der Waals surface area contributed by atoms with Crippen molar-refractivity contribution in [2.75, 3.05) is 0 Å². The first kappa shape index (κ1) is 10.8. The zero-order valence-corrected chi connectivity index (χ0v) is 9.20. The molecular weight excluding hydrogens is 222 g/mol. The van der Waals surface area contributed by atoms with Crippen LogP contribution in [0.5, 0.6) is 0 Å². The zero-order valence-electron chi connectivity index (χ0n) is 8.44. The predicted octanol–water partition coefficient (Wildman–Crippen LogP) is 3.33. The maximum absolute atomic E-state index is 13.5. The Morgan fingerprint density at radius 3 is 2.67 bits per heavy atom. The van der Waals surface area contributed by atoms with Gasteiger partial charge in [-0.1, -0.05) is 25.4 Å². The third kappa shape index (κ3) is 1.45. The summed E-state index contributed by atoms with van der Waals surface area (Å²) in [6, 6.07) is 0.968. The van der Waals surface area contributed by atoms with Crippen LogP contribution in [-0.4, -0.2) is 5.11 Å². The summed E-state index contributed by atoms with van der Waals surface area (Å²) in [5.74, 6) is -1.98. The molecule has 0 saturated carbocycles. The zero-order chi connectivity index (χ0) is 11.4. The molecule has 82 valence electrons. The van der Waals surface area contributed by atoms with Gasteiger partial charge < -0.3 is 5.11 Å². The third-order valence-electron chi connectivity index (χ3n) is 2.92. The van der Waals surface area contributed by atoms with Crippen LogP contribution in [0.4, 0.5) is 8.78 Å². The number of hydrogen-bond acceptors (Lipinski definition) is 1. The summed E-state index contributed by atoms with van der Waals surface area (Å²) in [7, 11) is 0. The quantitative estimate of drug-likeness (QED) is 0.681. The first-order valence-corrected chi connectivity index (χ1v) is 5.08. The molecule has 0 fully saturated rings. The van der Waals surface area contributed by atoms with E-state index >= 15 is 0 Å². The molecule has 1 atom stereocenters. The molecule has 1 nitrogen and oxygen atoms in total. The van der Waals surface area contributed by atoms with E-state index in [1.54, 1.807) is 0 Å². The van der Waals surface area contributed by atoms with Gasteiger partial charge in [0.1, 0.15) is 0 Å². The SMILES string of the molecule is CC1(C)C[C@H](O)c2c(F)c(F)cc(Cl)c21. The van der Waals surface area contributed by atoms with E-state index < -0.39 is 23.2 Å². The van der Waals surface area contributed by atoms with Gasteiger partial charge in [0, 0.05) is 10.6 Å². The average molecular weight is 233 g/mol. The van der Waals surface area contributed by atoms with E-state index in [1.165, 1.54) is 0 Å². The normalized spacial score (nSPS) is 22.9. The van der Waals surface area contributed by atoms with Crippen LogP contribution in [0, 0.1) is 11.6 Å². The third-order valence-corrected chi connectivity index (χ3v) is 3.22. The first-order valence-electron chi connectivity index (χ1n) is 4.70. The van der Waals surface area contributed by atoms with Gasteiger partial charge in [-0.25, -0.2) is 8.78 Å². The molecule has 0 bridgehead atoms. The highest BCUT2D eigenvalue weighted by atomic mass is 35.5. The molecule has 1 aromatic rings. The topological polar surface area (TPSA) is 20.2 Å². The molecule has 1 aliphatic carbocycles. The molecule has 0 aliphatic heterocycles. The Morgan fingerprint density at radius 2 is 2.07 bits per heavy atom. The van der Waals surface area contributed by atoms with E-state index in [0.717, 1.165) is 6.07 Å². The molecular formula is C11H11ClF2O. The smallest absolute Gasteiger partial charge is 0.165 e. The Kier molecular flexibility index (Phi) is 2.28. The van der Waals surface area contributed by atoms with Gasteiger partial charge in [-0.05, 0) is 23.5 Å². The molecule has 1 N–H and O–H groups in total. The molecule has 0 unspecified atom stereocenters. The minimum Gasteiger partial charge on any atom is -0.388 e. The van der Waals surface area contributed by atoms with E-state index in [4.69, 9.17) is 11.6 Å². The fourth-order valence-electron chi connectivity index (χ4n) is 2.30. The molecule has 1 aliphatic rings. The predicted molar refractivity (Wildman–Crippen MR) is 54.0 cm³/mol. The van der Waals surface area contributed by atoms with Crippen LogP contribution in [0.25, 0.3) is 0 Å². The molecule has 0 heterocycles. The van der Waals surface area contributed by atoms with Crippen LogP contribution in [0.3, 0.4) is 0 Å². The summed E-state index contributed by atoms with van der Waals surface area (Å²) in [6.07, 6.45) is -0.606. The van der Waals surface area contributed by atoms with Crippen LogP contribution in [0.15, 0.2) is 6.07 Å². The minimum atomic E-state index is -1.00. The molecule has 0 amide bonds. The van der Waals surface area contributed by atoms with Crippen LogP contribution < -0.4 is 0 Å². The van der Waals surface area contributed by atoms with Gasteiger partial charge in [-0.15, -0.1) is 0 Å². The highest BCUT2D eigenvalue weighted by Gasteiger charge is 2.40. The number of benzene rings is 1. The summed E-state index contributed by atoms with van der Waals surface area (Å²) < 4.78 is 26.6. The first-order chi connectivity index (χ1) is 6.84. The van der Waals surface area contributed by atoms with E-state index in [2.05, 4.69) is 0 Å². The van der Waals surface area contributed by atoms with E-state index in [-0.39, 0.29) is 10.6 Å². The van der Waals surface area contributed by atoms with Crippen molar-refractivity contribution in [3.05, 3.63) is 33.9 Å². The van der Waals surface area contributed by atoms with Gasteiger partial charge in [0.05, 0.1) is 6.10 Å². The van der Waals surface area contributed by atoms with E-state index in [9.17, 15) is 13.9 Å². The molecule has 2 rings (SSSR count). The van der Waals surface area contributed by atoms with Crippen molar-refractivity contribution < 1.29 is 13.9 Å². The lowest BCUT2D eigenvalue weighted by Crippen LogP contribution is -2.13.